The maximum Gasteiger partial charge on any atom is 0.331 e. The van der Waals surface area contributed by atoms with Crippen LogP contribution in [-0.2, 0) is 9.59 Å². The standard InChI is InChI=1S/C12H13BrFNO3/c1-7(2)15(6-16)11(12(17)18)9-5-8(14)3-4-10(9)13/h3-7,11H,1-2H3,(H,17,18). The van der Waals surface area contributed by atoms with Gasteiger partial charge in [-0.15, -0.1) is 0 Å². The van der Waals surface area contributed by atoms with Gasteiger partial charge < -0.3 is 10.0 Å². The van der Waals surface area contributed by atoms with Gasteiger partial charge in [-0.05, 0) is 32.0 Å². The van der Waals surface area contributed by atoms with E-state index in [1.54, 1.807) is 13.8 Å². The fraction of sp³-hybridized carbons (Fsp3) is 0.333. The lowest BCUT2D eigenvalue weighted by Crippen LogP contribution is -2.38. The van der Waals surface area contributed by atoms with Gasteiger partial charge >= 0.3 is 5.97 Å². The van der Waals surface area contributed by atoms with Crippen LogP contribution >= 0.6 is 15.9 Å². The normalized spacial score (nSPS) is 12.3. The van der Waals surface area contributed by atoms with Crippen LogP contribution in [0.15, 0.2) is 22.7 Å². The number of rotatable bonds is 5. The molecule has 0 aromatic heterocycles. The summed E-state index contributed by atoms with van der Waals surface area (Å²) in [5, 5.41) is 9.25. The van der Waals surface area contributed by atoms with Crippen LogP contribution in [-0.4, -0.2) is 28.4 Å². The van der Waals surface area contributed by atoms with Crippen LogP contribution in [0.5, 0.6) is 0 Å². The summed E-state index contributed by atoms with van der Waals surface area (Å²) in [5.41, 5.74) is 0.211. The summed E-state index contributed by atoms with van der Waals surface area (Å²) < 4.78 is 13.7. The molecule has 98 valence electrons. The Balaban J connectivity index is 3.31. The number of benzene rings is 1. The zero-order valence-corrected chi connectivity index (χ0v) is 11.5. The second kappa shape index (κ2) is 5.95. The summed E-state index contributed by atoms with van der Waals surface area (Å²) in [4.78, 5) is 23.5. The molecule has 1 rings (SSSR count). The Morgan fingerprint density at radius 2 is 2.11 bits per heavy atom. The van der Waals surface area contributed by atoms with Gasteiger partial charge in [0.1, 0.15) is 5.82 Å². The molecule has 18 heavy (non-hydrogen) atoms. The van der Waals surface area contributed by atoms with Crippen LogP contribution in [0.3, 0.4) is 0 Å². The van der Waals surface area contributed by atoms with E-state index in [0.29, 0.717) is 10.9 Å². The first-order valence-corrected chi connectivity index (χ1v) is 6.08. The molecule has 1 N–H and O–H groups in total. The van der Waals surface area contributed by atoms with E-state index in [1.807, 2.05) is 0 Å². The van der Waals surface area contributed by atoms with E-state index >= 15 is 0 Å². The van der Waals surface area contributed by atoms with Crippen LogP contribution in [0.2, 0.25) is 0 Å². The maximum atomic E-state index is 13.2. The summed E-state index contributed by atoms with van der Waals surface area (Å²) in [6, 6.07) is 2.23. The van der Waals surface area contributed by atoms with Crippen molar-refractivity contribution in [2.45, 2.75) is 25.9 Å². The molecule has 4 nitrogen and oxygen atoms in total. The zero-order chi connectivity index (χ0) is 13.9. The average Bonchev–Trinajstić information content (AvgIpc) is 2.28. The molecule has 0 fully saturated rings. The lowest BCUT2D eigenvalue weighted by Gasteiger charge is -2.29. The Morgan fingerprint density at radius 1 is 1.50 bits per heavy atom. The van der Waals surface area contributed by atoms with Gasteiger partial charge in [-0.2, -0.15) is 0 Å². The van der Waals surface area contributed by atoms with Crippen molar-refractivity contribution in [3.63, 3.8) is 0 Å². The van der Waals surface area contributed by atoms with Crippen LogP contribution in [0.1, 0.15) is 25.5 Å². The molecule has 0 saturated heterocycles. The van der Waals surface area contributed by atoms with Crippen molar-refractivity contribution < 1.29 is 19.1 Å². The molecular formula is C12H13BrFNO3. The van der Waals surface area contributed by atoms with Crippen LogP contribution < -0.4 is 0 Å². The van der Waals surface area contributed by atoms with Crippen molar-refractivity contribution in [1.82, 2.24) is 4.90 Å². The molecule has 0 aliphatic rings. The number of hydrogen-bond donors (Lipinski definition) is 1. The minimum atomic E-state index is -1.22. The third-order valence-electron chi connectivity index (χ3n) is 2.50. The first-order chi connectivity index (χ1) is 8.38. The number of carboxylic acid groups (broad SMARTS) is 1. The smallest absolute Gasteiger partial charge is 0.331 e. The lowest BCUT2D eigenvalue weighted by molar-refractivity contribution is -0.148. The average molecular weight is 318 g/mol. The molecule has 1 unspecified atom stereocenters. The maximum absolute atomic E-state index is 13.2. The van der Waals surface area contributed by atoms with Gasteiger partial charge in [0.25, 0.3) is 0 Å². The van der Waals surface area contributed by atoms with Crippen LogP contribution in [0.25, 0.3) is 0 Å². The highest BCUT2D eigenvalue weighted by atomic mass is 79.9. The van der Waals surface area contributed by atoms with Crippen LogP contribution in [0, 0.1) is 5.82 Å². The highest BCUT2D eigenvalue weighted by Gasteiger charge is 2.30. The van der Waals surface area contributed by atoms with E-state index in [2.05, 4.69) is 15.9 Å². The molecule has 0 saturated carbocycles. The SMILES string of the molecule is CC(C)N(C=O)C(C(=O)O)c1cc(F)ccc1Br. The highest BCUT2D eigenvalue weighted by Crippen LogP contribution is 2.29. The Kier molecular flexibility index (Phi) is 4.84. The van der Waals surface area contributed by atoms with Crippen molar-refractivity contribution in [1.29, 1.82) is 0 Å². The number of carbonyl (C=O) groups excluding carboxylic acids is 1. The number of carbonyl (C=O) groups is 2. The zero-order valence-electron chi connectivity index (χ0n) is 9.93. The predicted octanol–water partition coefficient (Wildman–Crippen LogP) is 2.58. The summed E-state index contributed by atoms with van der Waals surface area (Å²) in [7, 11) is 0. The van der Waals surface area contributed by atoms with Crippen LogP contribution in [0.4, 0.5) is 4.39 Å². The Hall–Kier alpha value is -1.43. The quantitative estimate of drug-likeness (QED) is 0.849. The van der Waals surface area contributed by atoms with Crippen molar-refractivity contribution in [2.75, 3.05) is 0 Å². The highest BCUT2D eigenvalue weighted by molar-refractivity contribution is 9.10. The van der Waals surface area contributed by atoms with Gasteiger partial charge in [-0.3, -0.25) is 4.79 Å². The number of nitrogens with zero attached hydrogens (tertiary/aromatic N) is 1. The van der Waals surface area contributed by atoms with Gasteiger partial charge in [0.15, 0.2) is 6.04 Å². The van der Waals surface area contributed by atoms with E-state index in [-0.39, 0.29) is 11.6 Å². The van der Waals surface area contributed by atoms with Gasteiger partial charge in [-0.1, -0.05) is 15.9 Å². The molecule has 0 aliphatic heterocycles. The molecule has 0 heterocycles. The lowest BCUT2D eigenvalue weighted by atomic mass is 10.0. The van der Waals surface area contributed by atoms with Gasteiger partial charge in [0, 0.05) is 16.1 Å². The Bertz CT molecular complexity index is 465. The van der Waals surface area contributed by atoms with Gasteiger partial charge in [0.05, 0.1) is 0 Å². The molecular weight excluding hydrogens is 305 g/mol. The van der Waals surface area contributed by atoms with E-state index in [9.17, 15) is 19.1 Å². The second-order valence-corrected chi connectivity index (χ2v) is 4.91. The fourth-order valence-corrected chi connectivity index (χ4v) is 2.09. The van der Waals surface area contributed by atoms with Crippen molar-refractivity contribution in [3.8, 4) is 0 Å². The monoisotopic (exact) mass is 317 g/mol. The molecule has 0 radical (unpaired) electrons. The first-order valence-electron chi connectivity index (χ1n) is 5.29. The van der Waals surface area contributed by atoms with Crippen molar-refractivity contribution >= 4 is 28.3 Å². The number of hydrogen-bond acceptors (Lipinski definition) is 2. The molecule has 6 heteroatoms. The Labute approximate surface area is 113 Å². The second-order valence-electron chi connectivity index (χ2n) is 4.05. The summed E-state index contributed by atoms with van der Waals surface area (Å²) in [6.07, 6.45) is 0.459. The fourth-order valence-electron chi connectivity index (χ4n) is 1.63. The summed E-state index contributed by atoms with van der Waals surface area (Å²) in [5.74, 6) is -1.75. The number of halogens is 2. The van der Waals surface area contributed by atoms with Crippen molar-refractivity contribution in [2.24, 2.45) is 0 Å². The molecule has 1 aromatic carbocycles. The van der Waals surface area contributed by atoms with Gasteiger partial charge in [-0.25, -0.2) is 9.18 Å². The molecule has 1 aromatic rings. The largest absolute Gasteiger partial charge is 0.479 e. The summed E-state index contributed by atoms with van der Waals surface area (Å²) >= 11 is 3.17. The molecule has 0 aliphatic carbocycles. The van der Waals surface area contributed by atoms with E-state index in [4.69, 9.17) is 0 Å². The summed E-state index contributed by atoms with van der Waals surface area (Å²) in [6.45, 7) is 3.38. The molecule has 1 amide bonds. The predicted molar refractivity (Wildman–Crippen MR) is 67.5 cm³/mol. The number of carboxylic acids is 1. The topological polar surface area (TPSA) is 57.6 Å². The first kappa shape index (κ1) is 14.6. The van der Waals surface area contributed by atoms with Crippen molar-refractivity contribution in [3.05, 3.63) is 34.1 Å². The minimum Gasteiger partial charge on any atom is -0.479 e. The molecule has 0 bridgehead atoms. The number of amides is 1. The third-order valence-corrected chi connectivity index (χ3v) is 3.22. The van der Waals surface area contributed by atoms with Gasteiger partial charge in [0.2, 0.25) is 6.41 Å². The van der Waals surface area contributed by atoms with E-state index < -0.39 is 17.8 Å². The third kappa shape index (κ3) is 3.07. The van der Waals surface area contributed by atoms with E-state index in [1.165, 1.54) is 12.1 Å². The van der Waals surface area contributed by atoms with E-state index in [0.717, 1.165) is 11.0 Å². The number of aliphatic carboxylic acids is 1. The molecule has 0 spiro atoms. The minimum absolute atomic E-state index is 0.211. The Morgan fingerprint density at radius 3 is 2.56 bits per heavy atom. The molecule has 1 atom stereocenters.